The van der Waals surface area contributed by atoms with Crippen LogP contribution >= 0.6 is 0 Å². The van der Waals surface area contributed by atoms with Crippen molar-refractivity contribution < 1.29 is 19.2 Å². The van der Waals surface area contributed by atoms with Gasteiger partial charge in [0, 0.05) is 13.8 Å². The predicted molar refractivity (Wildman–Crippen MR) is 59.8 cm³/mol. The Balaban J connectivity index is 2.85. The summed E-state index contributed by atoms with van der Waals surface area (Å²) in [5.41, 5.74) is 1.18. The molecule has 0 unspecified atom stereocenters. The van der Waals surface area contributed by atoms with Crippen molar-refractivity contribution >= 4 is 17.8 Å². The minimum atomic E-state index is -0.737. The molecule has 0 N–H and O–H groups in total. The molecular formula is C12H13NO4. The molecule has 0 fully saturated rings. The standard InChI is InChI=1S/C12H13NO4/c1-8-5-4-6-11(7-8)12(16)17-13(9(2)14)10(3)15/h4-7H,1-3H3. The van der Waals surface area contributed by atoms with Crippen molar-refractivity contribution in [3.05, 3.63) is 35.4 Å². The first-order valence-electron chi connectivity index (χ1n) is 5.02. The zero-order valence-electron chi connectivity index (χ0n) is 9.89. The van der Waals surface area contributed by atoms with Gasteiger partial charge >= 0.3 is 5.97 Å². The molecule has 0 radical (unpaired) electrons. The second kappa shape index (κ2) is 5.25. The van der Waals surface area contributed by atoms with Gasteiger partial charge in [-0.2, -0.15) is 0 Å². The van der Waals surface area contributed by atoms with Crippen LogP contribution in [0, 0.1) is 6.92 Å². The molecule has 2 amide bonds. The van der Waals surface area contributed by atoms with E-state index in [4.69, 9.17) is 4.84 Å². The van der Waals surface area contributed by atoms with Crippen molar-refractivity contribution in [3.63, 3.8) is 0 Å². The van der Waals surface area contributed by atoms with E-state index in [1.54, 1.807) is 18.2 Å². The van der Waals surface area contributed by atoms with E-state index in [2.05, 4.69) is 0 Å². The second-order valence-electron chi connectivity index (χ2n) is 3.58. The fourth-order valence-electron chi connectivity index (χ4n) is 1.26. The van der Waals surface area contributed by atoms with Crippen LogP contribution in [-0.4, -0.2) is 22.8 Å². The van der Waals surface area contributed by atoms with Gasteiger partial charge in [-0.1, -0.05) is 17.7 Å². The van der Waals surface area contributed by atoms with Gasteiger partial charge in [-0.15, -0.1) is 5.06 Å². The molecular weight excluding hydrogens is 222 g/mol. The highest BCUT2D eigenvalue weighted by Crippen LogP contribution is 2.07. The zero-order chi connectivity index (χ0) is 13.0. The average Bonchev–Trinajstić information content (AvgIpc) is 2.24. The smallest absolute Gasteiger partial charge is 0.325 e. The van der Waals surface area contributed by atoms with E-state index in [-0.39, 0.29) is 5.56 Å². The molecule has 0 saturated carbocycles. The Bertz CT molecular complexity index is 453. The van der Waals surface area contributed by atoms with Crippen LogP contribution < -0.4 is 0 Å². The largest absolute Gasteiger partial charge is 0.363 e. The average molecular weight is 235 g/mol. The number of rotatable bonds is 1. The maximum Gasteiger partial charge on any atom is 0.363 e. The summed E-state index contributed by atoms with van der Waals surface area (Å²) in [4.78, 5) is 38.5. The quantitative estimate of drug-likeness (QED) is 0.691. The molecule has 1 aromatic rings. The Morgan fingerprint density at radius 1 is 1.12 bits per heavy atom. The van der Waals surface area contributed by atoms with Gasteiger partial charge in [-0.3, -0.25) is 9.59 Å². The normalized spacial score (nSPS) is 9.59. The summed E-state index contributed by atoms with van der Waals surface area (Å²) in [6.07, 6.45) is 0. The van der Waals surface area contributed by atoms with E-state index in [1.807, 2.05) is 13.0 Å². The lowest BCUT2D eigenvalue weighted by Gasteiger charge is -2.15. The highest BCUT2D eigenvalue weighted by molar-refractivity contribution is 5.96. The number of amides is 2. The zero-order valence-corrected chi connectivity index (χ0v) is 9.89. The summed E-state index contributed by atoms with van der Waals surface area (Å²) in [6, 6.07) is 6.68. The van der Waals surface area contributed by atoms with E-state index in [0.717, 1.165) is 19.4 Å². The van der Waals surface area contributed by atoms with Crippen LogP contribution in [0.3, 0.4) is 0 Å². The number of hydroxylamine groups is 2. The minimum Gasteiger partial charge on any atom is -0.325 e. The maximum absolute atomic E-state index is 11.6. The number of aryl methyl sites for hydroxylation is 1. The van der Waals surface area contributed by atoms with Crippen molar-refractivity contribution in [1.82, 2.24) is 5.06 Å². The Morgan fingerprint density at radius 2 is 1.71 bits per heavy atom. The summed E-state index contributed by atoms with van der Waals surface area (Å²) in [5.74, 6) is -2.02. The van der Waals surface area contributed by atoms with Crippen LogP contribution in [0.4, 0.5) is 0 Å². The van der Waals surface area contributed by atoms with Gasteiger partial charge in [0.15, 0.2) is 0 Å². The predicted octanol–water partition coefficient (Wildman–Crippen LogP) is 1.46. The van der Waals surface area contributed by atoms with Crippen LogP contribution in [0.5, 0.6) is 0 Å². The lowest BCUT2D eigenvalue weighted by molar-refractivity contribution is -0.177. The minimum absolute atomic E-state index is 0.289. The number of hydrogen-bond acceptors (Lipinski definition) is 4. The lowest BCUT2D eigenvalue weighted by Crippen LogP contribution is -2.35. The summed E-state index contributed by atoms with van der Waals surface area (Å²) in [6.45, 7) is 4.11. The number of hydrogen-bond donors (Lipinski definition) is 0. The van der Waals surface area contributed by atoms with Crippen molar-refractivity contribution in [2.24, 2.45) is 0 Å². The van der Waals surface area contributed by atoms with Crippen molar-refractivity contribution in [2.75, 3.05) is 0 Å². The van der Waals surface area contributed by atoms with Gasteiger partial charge in [0.2, 0.25) is 0 Å². The maximum atomic E-state index is 11.6. The third-order valence-electron chi connectivity index (χ3n) is 2.00. The molecule has 0 bridgehead atoms. The molecule has 17 heavy (non-hydrogen) atoms. The van der Waals surface area contributed by atoms with Gasteiger partial charge in [0.25, 0.3) is 11.8 Å². The van der Waals surface area contributed by atoms with E-state index in [9.17, 15) is 14.4 Å². The molecule has 0 aliphatic rings. The van der Waals surface area contributed by atoms with E-state index in [1.165, 1.54) is 0 Å². The number of benzene rings is 1. The molecule has 0 heterocycles. The van der Waals surface area contributed by atoms with Crippen molar-refractivity contribution in [1.29, 1.82) is 0 Å². The molecule has 5 heteroatoms. The highest BCUT2D eigenvalue weighted by Gasteiger charge is 2.20. The Kier molecular flexibility index (Phi) is 3.98. The second-order valence-corrected chi connectivity index (χ2v) is 3.58. The van der Waals surface area contributed by atoms with E-state index in [0.29, 0.717) is 5.06 Å². The fourth-order valence-corrected chi connectivity index (χ4v) is 1.26. The summed E-state index contributed by atoms with van der Waals surface area (Å²) < 4.78 is 0. The van der Waals surface area contributed by atoms with Gasteiger partial charge < -0.3 is 4.84 Å². The van der Waals surface area contributed by atoms with Gasteiger partial charge in [0.05, 0.1) is 5.56 Å². The van der Waals surface area contributed by atoms with Crippen molar-refractivity contribution in [3.8, 4) is 0 Å². The van der Waals surface area contributed by atoms with Crippen molar-refractivity contribution in [2.45, 2.75) is 20.8 Å². The van der Waals surface area contributed by atoms with Crippen LogP contribution in [0.15, 0.2) is 24.3 Å². The van der Waals surface area contributed by atoms with Gasteiger partial charge in [-0.25, -0.2) is 4.79 Å². The first-order chi connectivity index (χ1) is 7.91. The fraction of sp³-hybridized carbons (Fsp3) is 0.250. The first kappa shape index (κ1) is 12.9. The number of carbonyl (C=O) groups excluding carboxylic acids is 3. The molecule has 0 spiro atoms. The molecule has 0 aromatic heterocycles. The number of carbonyl (C=O) groups is 3. The Morgan fingerprint density at radius 3 is 2.18 bits per heavy atom. The first-order valence-corrected chi connectivity index (χ1v) is 5.02. The SMILES string of the molecule is CC(=O)N(OC(=O)c1cccc(C)c1)C(C)=O. The summed E-state index contributed by atoms with van der Waals surface area (Å²) >= 11 is 0. The Labute approximate surface area is 98.9 Å². The summed E-state index contributed by atoms with van der Waals surface area (Å²) in [7, 11) is 0. The van der Waals surface area contributed by atoms with Gasteiger partial charge in [0.1, 0.15) is 0 Å². The molecule has 0 saturated heterocycles. The number of imide groups is 1. The Hall–Kier alpha value is -2.17. The van der Waals surface area contributed by atoms with Crippen LogP contribution in [0.25, 0.3) is 0 Å². The molecule has 1 aromatic carbocycles. The third-order valence-corrected chi connectivity index (χ3v) is 2.00. The molecule has 0 atom stereocenters. The topological polar surface area (TPSA) is 63.7 Å². The molecule has 5 nitrogen and oxygen atoms in total. The molecule has 0 aliphatic carbocycles. The van der Waals surface area contributed by atoms with E-state index < -0.39 is 17.8 Å². The molecule has 1 rings (SSSR count). The van der Waals surface area contributed by atoms with Gasteiger partial charge in [-0.05, 0) is 19.1 Å². The van der Waals surface area contributed by atoms with E-state index >= 15 is 0 Å². The van der Waals surface area contributed by atoms with Crippen LogP contribution in [0.2, 0.25) is 0 Å². The lowest BCUT2D eigenvalue weighted by atomic mass is 10.1. The van der Waals surface area contributed by atoms with Crippen LogP contribution in [0.1, 0.15) is 29.8 Å². The molecule has 90 valence electrons. The molecule has 0 aliphatic heterocycles. The summed E-state index contributed by atoms with van der Waals surface area (Å²) in [5, 5.41) is 0.435. The highest BCUT2D eigenvalue weighted by atomic mass is 16.7. The third kappa shape index (κ3) is 3.41. The number of nitrogens with zero attached hydrogens (tertiary/aromatic N) is 1. The monoisotopic (exact) mass is 235 g/mol. The van der Waals surface area contributed by atoms with Crippen LogP contribution in [-0.2, 0) is 14.4 Å².